The van der Waals surface area contributed by atoms with Crippen molar-refractivity contribution in [3.8, 4) is 0 Å². The number of amides is 1. The summed E-state index contributed by atoms with van der Waals surface area (Å²) in [5.41, 5.74) is 0. The first-order valence-corrected chi connectivity index (χ1v) is 6.49. The minimum Gasteiger partial charge on any atom is -0.480 e. The summed E-state index contributed by atoms with van der Waals surface area (Å²) < 4.78 is 11.0. The summed E-state index contributed by atoms with van der Waals surface area (Å²) in [4.78, 5) is 21.4. The van der Waals surface area contributed by atoms with Crippen LogP contribution in [0.1, 0.15) is 13.8 Å². The third kappa shape index (κ3) is 6.52. The molecule has 0 heterocycles. The van der Waals surface area contributed by atoms with Gasteiger partial charge < -0.3 is 15.7 Å². The Bertz CT molecular complexity index is 283. The van der Waals surface area contributed by atoms with E-state index in [2.05, 4.69) is 10.6 Å². The molecule has 0 rings (SSSR count). The van der Waals surface area contributed by atoms with Crippen LogP contribution < -0.4 is 10.6 Å². The molecule has 0 spiro atoms. The number of carboxylic acid groups (broad SMARTS) is 1. The predicted molar refractivity (Wildman–Crippen MR) is 61.6 cm³/mol. The lowest BCUT2D eigenvalue weighted by Crippen LogP contribution is -2.47. The van der Waals surface area contributed by atoms with Gasteiger partial charge in [0.05, 0.1) is 0 Å². The van der Waals surface area contributed by atoms with Crippen molar-refractivity contribution in [2.45, 2.75) is 25.1 Å². The van der Waals surface area contributed by atoms with Crippen molar-refractivity contribution in [1.29, 1.82) is 0 Å². The number of carboxylic acids is 1. The van der Waals surface area contributed by atoms with Crippen LogP contribution in [0.5, 0.6) is 0 Å². The molecule has 7 heteroatoms. The van der Waals surface area contributed by atoms with Crippen LogP contribution in [-0.4, -0.2) is 51.8 Å². The number of rotatable bonds is 7. The quantitative estimate of drug-likeness (QED) is 0.535. The highest BCUT2D eigenvalue weighted by molar-refractivity contribution is 7.84. The second kappa shape index (κ2) is 7.34. The fraction of sp³-hybridized carbons (Fsp3) is 0.778. The van der Waals surface area contributed by atoms with E-state index in [-0.39, 0.29) is 17.7 Å². The van der Waals surface area contributed by atoms with Crippen molar-refractivity contribution in [3.63, 3.8) is 0 Å². The first kappa shape index (κ1) is 15.0. The first-order valence-electron chi connectivity index (χ1n) is 4.87. The van der Waals surface area contributed by atoms with E-state index in [1.165, 1.54) is 6.92 Å². The maximum Gasteiger partial charge on any atom is 0.327 e. The first-order chi connectivity index (χ1) is 7.34. The molecule has 0 aromatic rings. The van der Waals surface area contributed by atoms with Crippen LogP contribution in [-0.2, 0) is 20.4 Å². The summed E-state index contributed by atoms with van der Waals surface area (Å²) in [6.07, 6.45) is 1.59. The molecular weight excluding hydrogens is 232 g/mol. The van der Waals surface area contributed by atoms with E-state index in [9.17, 15) is 13.8 Å². The van der Waals surface area contributed by atoms with Crippen molar-refractivity contribution in [2.24, 2.45) is 0 Å². The normalized spacial score (nSPS) is 16.2. The highest BCUT2D eigenvalue weighted by atomic mass is 32.2. The number of carbonyl (C=O) groups is 2. The molecule has 0 saturated carbocycles. The van der Waals surface area contributed by atoms with Crippen molar-refractivity contribution >= 4 is 22.7 Å². The maximum atomic E-state index is 11.0. The molecule has 0 saturated heterocycles. The van der Waals surface area contributed by atoms with Gasteiger partial charge in [-0.1, -0.05) is 0 Å². The van der Waals surface area contributed by atoms with Crippen LogP contribution in [0, 0.1) is 0 Å². The molecule has 0 aliphatic carbocycles. The van der Waals surface area contributed by atoms with Crippen molar-refractivity contribution in [1.82, 2.24) is 10.6 Å². The molecule has 0 aromatic heterocycles. The Morgan fingerprint density at radius 1 is 1.38 bits per heavy atom. The number of aliphatic carboxylic acids is 1. The van der Waals surface area contributed by atoms with E-state index >= 15 is 0 Å². The van der Waals surface area contributed by atoms with Crippen LogP contribution in [0.15, 0.2) is 0 Å². The molecule has 0 fully saturated rings. The average molecular weight is 250 g/mol. The van der Waals surface area contributed by atoms with Gasteiger partial charge in [-0.2, -0.15) is 0 Å². The third-order valence-electron chi connectivity index (χ3n) is 2.02. The molecule has 0 aliphatic rings. The van der Waals surface area contributed by atoms with E-state index in [4.69, 9.17) is 5.11 Å². The summed E-state index contributed by atoms with van der Waals surface area (Å²) in [5, 5.41) is 13.9. The number of carbonyl (C=O) groups excluding carboxylic acids is 1. The molecule has 3 N–H and O–H groups in total. The summed E-state index contributed by atoms with van der Waals surface area (Å²) in [7, 11) is -0.944. The van der Waals surface area contributed by atoms with Crippen LogP contribution in [0.25, 0.3) is 0 Å². The molecule has 1 amide bonds. The topological polar surface area (TPSA) is 95.5 Å². The predicted octanol–water partition coefficient (Wildman–Crippen LogP) is -1.07. The monoisotopic (exact) mass is 250 g/mol. The van der Waals surface area contributed by atoms with E-state index in [1.807, 2.05) is 0 Å². The smallest absolute Gasteiger partial charge is 0.327 e. The fourth-order valence-corrected chi connectivity index (χ4v) is 1.35. The Kier molecular flexibility index (Phi) is 6.91. The lowest BCUT2D eigenvalue weighted by molar-refractivity contribution is -0.141. The molecule has 6 nitrogen and oxygen atoms in total. The Balaban J connectivity index is 3.99. The van der Waals surface area contributed by atoms with Gasteiger partial charge in [-0.3, -0.25) is 9.00 Å². The molecule has 0 radical (unpaired) electrons. The highest BCUT2D eigenvalue weighted by Crippen LogP contribution is 1.90. The number of nitrogens with one attached hydrogen (secondary N) is 2. The molecule has 0 aromatic carbocycles. The van der Waals surface area contributed by atoms with Gasteiger partial charge in [0.15, 0.2) is 0 Å². The molecule has 16 heavy (non-hydrogen) atoms. The van der Waals surface area contributed by atoms with Crippen molar-refractivity contribution in [3.05, 3.63) is 0 Å². The second-order valence-electron chi connectivity index (χ2n) is 3.56. The summed E-state index contributed by atoms with van der Waals surface area (Å²) >= 11 is 0. The van der Waals surface area contributed by atoms with Gasteiger partial charge >= 0.3 is 5.97 Å². The molecule has 0 aliphatic heterocycles. The standard InChI is InChI=1S/C9H18N2O4S/c1-6(16(3)15)4-10-5-8(9(13)14)11-7(2)12/h6,8,10H,4-5H2,1-3H3,(H,11,12)(H,13,14). The lowest BCUT2D eigenvalue weighted by Gasteiger charge is -2.15. The van der Waals surface area contributed by atoms with Gasteiger partial charge in [0.25, 0.3) is 0 Å². The van der Waals surface area contributed by atoms with Crippen molar-refractivity contribution in [2.75, 3.05) is 19.3 Å². The van der Waals surface area contributed by atoms with Gasteiger partial charge in [0.2, 0.25) is 5.91 Å². The zero-order valence-electron chi connectivity index (χ0n) is 9.65. The van der Waals surface area contributed by atoms with Gasteiger partial charge in [0.1, 0.15) is 6.04 Å². The Hall–Kier alpha value is -0.950. The van der Waals surface area contributed by atoms with E-state index in [0.29, 0.717) is 6.54 Å². The molecule has 3 unspecified atom stereocenters. The number of hydrogen-bond acceptors (Lipinski definition) is 4. The van der Waals surface area contributed by atoms with Crippen LogP contribution in [0.3, 0.4) is 0 Å². The zero-order chi connectivity index (χ0) is 12.7. The van der Waals surface area contributed by atoms with E-state index in [1.54, 1.807) is 13.2 Å². The maximum absolute atomic E-state index is 11.0. The second-order valence-corrected chi connectivity index (χ2v) is 5.36. The largest absolute Gasteiger partial charge is 0.480 e. The van der Waals surface area contributed by atoms with Crippen LogP contribution in [0.2, 0.25) is 0 Å². The Labute approximate surface area is 97.3 Å². The average Bonchev–Trinajstić information content (AvgIpc) is 2.14. The van der Waals surface area contributed by atoms with Crippen LogP contribution in [0.4, 0.5) is 0 Å². The third-order valence-corrected chi connectivity index (χ3v) is 3.32. The summed E-state index contributed by atoms with van der Waals surface area (Å²) in [5.74, 6) is -1.48. The minimum atomic E-state index is -1.09. The van der Waals surface area contributed by atoms with Gasteiger partial charge in [-0.15, -0.1) is 0 Å². The lowest BCUT2D eigenvalue weighted by atomic mass is 10.3. The fourth-order valence-electron chi connectivity index (χ4n) is 0.994. The van der Waals surface area contributed by atoms with E-state index in [0.717, 1.165) is 0 Å². The van der Waals surface area contributed by atoms with Gasteiger partial charge in [-0.05, 0) is 6.92 Å². The van der Waals surface area contributed by atoms with Crippen molar-refractivity contribution < 1.29 is 18.9 Å². The summed E-state index contributed by atoms with van der Waals surface area (Å²) in [6, 6.07) is -0.949. The summed E-state index contributed by atoms with van der Waals surface area (Å²) in [6.45, 7) is 3.64. The van der Waals surface area contributed by atoms with Gasteiger partial charge in [0, 0.05) is 42.3 Å². The minimum absolute atomic E-state index is 0.0493. The SMILES string of the molecule is CC(=O)NC(CNCC(C)S(C)=O)C(=O)O. The Morgan fingerprint density at radius 3 is 2.31 bits per heavy atom. The molecule has 94 valence electrons. The van der Waals surface area contributed by atoms with Gasteiger partial charge in [-0.25, -0.2) is 4.79 Å². The Morgan fingerprint density at radius 2 is 1.94 bits per heavy atom. The van der Waals surface area contributed by atoms with E-state index < -0.39 is 22.8 Å². The molecule has 3 atom stereocenters. The highest BCUT2D eigenvalue weighted by Gasteiger charge is 2.18. The molecular formula is C9H18N2O4S. The zero-order valence-corrected chi connectivity index (χ0v) is 10.5. The van der Waals surface area contributed by atoms with Crippen LogP contribution >= 0.6 is 0 Å². The number of hydrogen-bond donors (Lipinski definition) is 3. The molecule has 0 bridgehead atoms.